The van der Waals surface area contributed by atoms with Gasteiger partial charge in [-0.25, -0.2) is 4.99 Å². The molecule has 0 saturated carbocycles. The molecule has 1 aliphatic heterocycles. The average Bonchev–Trinajstić information content (AvgIpc) is 2.92. The van der Waals surface area contributed by atoms with E-state index in [9.17, 15) is 0 Å². The van der Waals surface area contributed by atoms with Crippen molar-refractivity contribution >= 4 is 23.3 Å². The predicted octanol–water partition coefficient (Wildman–Crippen LogP) is 6.02. The van der Waals surface area contributed by atoms with Gasteiger partial charge in [-0.3, -0.25) is 0 Å². The molecule has 0 unspecified atom stereocenters. The first-order valence-electron chi connectivity index (χ1n) is 10.5. The lowest BCUT2D eigenvalue weighted by Gasteiger charge is -2.16. The molecule has 156 valence electrons. The minimum atomic E-state index is 0.581. The first-order chi connectivity index (χ1) is 14.6. The molecule has 0 radical (unpaired) electrons. The summed E-state index contributed by atoms with van der Waals surface area (Å²) in [5, 5.41) is 3.39. The second-order valence-electron chi connectivity index (χ2n) is 7.54. The van der Waals surface area contributed by atoms with Gasteiger partial charge in [-0.05, 0) is 43.7 Å². The van der Waals surface area contributed by atoms with Crippen molar-refractivity contribution in [3.63, 3.8) is 0 Å². The minimum absolute atomic E-state index is 0.581. The highest BCUT2D eigenvalue weighted by atomic mass is 32.2. The molecule has 30 heavy (non-hydrogen) atoms. The van der Waals surface area contributed by atoms with Gasteiger partial charge in [0, 0.05) is 35.5 Å². The largest absolute Gasteiger partial charge is 0.362 e. The zero-order valence-electron chi connectivity index (χ0n) is 18.3. The molecule has 0 fully saturated rings. The summed E-state index contributed by atoms with van der Waals surface area (Å²) in [5.41, 5.74) is 3.65. The van der Waals surface area contributed by atoms with Crippen LogP contribution in [0.5, 0.6) is 0 Å². The number of hydrogen-bond acceptors (Lipinski definition) is 4. The molecular formula is C26H31N3S. The SMILES string of the molecule is CCN[C@@H](C)Cc1ccccc1.CN(C)C1=Nc2ccccc2Sc2ccccc21. The van der Waals surface area contributed by atoms with Crippen LogP contribution in [0.25, 0.3) is 0 Å². The highest BCUT2D eigenvalue weighted by Gasteiger charge is 2.17. The summed E-state index contributed by atoms with van der Waals surface area (Å²) < 4.78 is 0. The van der Waals surface area contributed by atoms with Crippen molar-refractivity contribution in [1.29, 1.82) is 0 Å². The van der Waals surface area contributed by atoms with Gasteiger partial charge in [0.2, 0.25) is 0 Å². The summed E-state index contributed by atoms with van der Waals surface area (Å²) in [6.45, 7) is 5.41. The number of benzene rings is 3. The van der Waals surface area contributed by atoms with E-state index in [1.807, 2.05) is 20.2 Å². The van der Waals surface area contributed by atoms with Crippen LogP contribution in [-0.4, -0.2) is 37.4 Å². The number of rotatable bonds is 4. The molecule has 0 amide bonds. The number of aliphatic imine (C=N–C) groups is 1. The number of hydrogen-bond donors (Lipinski definition) is 1. The minimum Gasteiger partial charge on any atom is -0.362 e. The van der Waals surface area contributed by atoms with Crippen LogP contribution in [-0.2, 0) is 6.42 Å². The molecule has 1 heterocycles. The highest BCUT2D eigenvalue weighted by molar-refractivity contribution is 7.99. The molecule has 1 aliphatic rings. The standard InChI is InChI=1S/C15H14N2S.C11H17N/c1-17(2)15-11-7-3-5-9-13(11)18-14-10-6-4-8-12(14)16-15;1-3-12-10(2)9-11-7-5-4-6-8-11/h3-10H,1-2H3;4-8,10,12H,3,9H2,1-2H3/t;10-/m.0/s1. The van der Waals surface area contributed by atoms with Crippen molar-refractivity contribution in [2.45, 2.75) is 36.1 Å². The van der Waals surface area contributed by atoms with E-state index in [0.717, 1.165) is 24.5 Å². The molecule has 1 N–H and O–H groups in total. The maximum atomic E-state index is 4.80. The molecular weight excluding hydrogens is 386 g/mol. The number of nitrogens with zero attached hydrogens (tertiary/aromatic N) is 2. The normalized spacial score (nSPS) is 13.0. The fourth-order valence-corrected chi connectivity index (χ4v) is 4.42. The van der Waals surface area contributed by atoms with Crippen LogP contribution in [0.4, 0.5) is 5.69 Å². The monoisotopic (exact) mass is 417 g/mol. The molecule has 0 aromatic heterocycles. The lowest BCUT2D eigenvalue weighted by molar-refractivity contribution is 0.565. The predicted molar refractivity (Wildman–Crippen MR) is 130 cm³/mol. The Balaban J connectivity index is 0.000000187. The van der Waals surface area contributed by atoms with Gasteiger partial charge < -0.3 is 10.2 Å². The van der Waals surface area contributed by atoms with Crippen molar-refractivity contribution in [2.24, 2.45) is 4.99 Å². The first-order valence-corrected chi connectivity index (χ1v) is 11.3. The Kier molecular flexibility index (Phi) is 8.12. The average molecular weight is 418 g/mol. The molecule has 3 aromatic carbocycles. The van der Waals surface area contributed by atoms with Crippen molar-refractivity contribution < 1.29 is 0 Å². The van der Waals surface area contributed by atoms with Crippen LogP contribution >= 0.6 is 11.8 Å². The molecule has 4 heteroatoms. The van der Waals surface area contributed by atoms with Crippen molar-refractivity contribution in [2.75, 3.05) is 20.6 Å². The highest BCUT2D eigenvalue weighted by Crippen LogP contribution is 2.40. The Hall–Kier alpha value is -2.56. The molecule has 3 nitrogen and oxygen atoms in total. The van der Waals surface area contributed by atoms with E-state index in [4.69, 9.17) is 4.99 Å². The third-order valence-electron chi connectivity index (χ3n) is 4.80. The fraction of sp³-hybridized carbons (Fsp3) is 0.269. The lowest BCUT2D eigenvalue weighted by atomic mass is 10.1. The van der Waals surface area contributed by atoms with Gasteiger partial charge in [-0.2, -0.15) is 0 Å². The van der Waals surface area contributed by atoms with Crippen LogP contribution in [0.15, 0.2) is 93.6 Å². The number of nitrogens with one attached hydrogen (secondary N) is 1. The zero-order valence-corrected chi connectivity index (χ0v) is 19.1. The maximum absolute atomic E-state index is 4.80. The quantitative estimate of drug-likeness (QED) is 0.563. The van der Waals surface area contributed by atoms with Gasteiger partial charge in [0.1, 0.15) is 5.84 Å². The van der Waals surface area contributed by atoms with Crippen LogP contribution < -0.4 is 5.32 Å². The van der Waals surface area contributed by atoms with Crippen LogP contribution in [0.3, 0.4) is 0 Å². The second-order valence-corrected chi connectivity index (χ2v) is 8.63. The van der Waals surface area contributed by atoms with E-state index in [0.29, 0.717) is 6.04 Å². The van der Waals surface area contributed by atoms with Gasteiger partial charge in [0.25, 0.3) is 0 Å². The molecule has 0 saturated heterocycles. The Labute approximate surface area is 185 Å². The third-order valence-corrected chi connectivity index (χ3v) is 5.94. The van der Waals surface area contributed by atoms with E-state index in [-0.39, 0.29) is 0 Å². The number of fused-ring (bicyclic) bond motifs is 2. The third kappa shape index (κ3) is 5.97. The van der Waals surface area contributed by atoms with Crippen LogP contribution in [0.1, 0.15) is 25.0 Å². The van der Waals surface area contributed by atoms with E-state index < -0.39 is 0 Å². The van der Waals surface area contributed by atoms with Gasteiger partial charge in [0.15, 0.2) is 0 Å². The topological polar surface area (TPSA) is 27.6 Å². The Morgan fingerprint density at radius 2 is 1.50 bits per heavy atom. The van der Waals surface area contributed by atoms with Crippen LogP contribution in [0, 0.1) is 0 Å². The summed E-state index contributed by atoms with van der Waals surface area (Å²) in [6, 6.07) is 27.9. The Morgan fingerprint density at radius 1 is 0.867 bits per heavy atom. The van der Waals surface area contributed by atoms with Gasteiger partial charge in [0.05, 0.1) is 5.69 Å². The van der Waals surface area contributed by atoms with E-state index in [2.05, 4.69) is 96.9 Å². The van der Waals surface area contributed by atoms with Crippen LogP contribution in [0.2, 0.25) is 0 Å². The molecule has 0 bridgehead atoms. The molecule has 1 atom stereocenters. The van der Waals surface area contributed by atoms with Crippen molar-refractivity contribution in [3.8, 4) is 0 Å². The van der Waals surface area contributed by atoms with E-state index in [1.165, 1.54) is 20.9 Å². The molecule has 0 aliphatic carbocycles. The number of likely N-dealkylation sites (N-methyl/N-ethyl adjacent to an activating group) is 1. The Morgan fingerprint density at radius 3 is 2.20 bits per heavy atom. The Bertz CT molecular complexity index is 967. The van der Waals surface area contributed by atoms with Gasteiger partial charge in [-0.1, -0.05) is 79.3 Å². The first kappa shape index (κ1) is 22.1. The lowest BCUT2D eigenvalue weighted by Crippen LogP contribution is -2.27. The maximum Gasteiger partial charge on any atom is 0.137 e. The van der Waals surface area contributed by atoms with E-state index >= 15 is 0 Å². The smallest absolute Gasteiger partial charge is 0.137 e. The summed E-state index contributed by atoms with van der Waals surface area (Å²) in [7, 11) is 4.07. The molecule has 0 spiro atoms. The number of amidine groups is 1. The second kappa shape index (κ2) is 11.0. The van der Waals surface area contributed by atoms with Crippen molar-refractivity contribution in [1.82, 2.24) is 10.2 Å². The van der Waals surface area contributed by atoms with Gasteiger partial charge >= 0.3 is 0 Å². The van der Waals surface area contributed by atoms with Crippen molar-refractivity contribution in [3.05, 3.63) is 90.0 Å². The summed E-state index contributed by atoms with van der Waals surface area (Å²) in [4.78, 5) is 9.34. The van der Waals surface area contributed by atoms with E-state index in [1.54, 1.807) is 11.8 Å². The molecule has 3 aromatic rings. The number of para-hydroxylation sites is 1. The fourth-order valence-electron chi connectivity index (χ4n) is 3.40. The summed E-state index contributed by atoms with van der Waals surface area (Å²) in [5.74, 6) is 1.02. The summed E-state index contributed by atoms with van der Waals surface area (Å²) in [6.07, 6.45) is 1.12. The summed E-state index contributed by atoms with van der Waals surface area (Å²) >= 11 is 1.78. The van der Waals surface area contributed by atoms with Gasteiger partial charge in [-0.15, -0.1) is 0 Å². The zero-order chi connectivity index (χ0) is 21.3. The molecule has 4 rings (SSSR count).